The van der Waals surface area contributed by atoms with Gasteiger partial charge in [-0.2, -0.15) is 4.31 Å². The van der Waals surface area contributed by atoms with Crippen molar-refractivity contribution in [1.82, 2.24) is 9.21 Å². The van der Waals surface area contributed by atoms with Crippen molar-refractivity contribution in [1.29, 1.82) is 0 Å². The van der Waals surface area contributed by atoms with E-state index in [-0.39, 0.29) is 6.04 Å². The Morgan fingerprint density at radius 2 is 2.00 bits per heavy atom. The molecule has 0 N–H and O–H groups in total. The van der Waals surface area contributed by atoms with Crippen LogP contribution in [0.4, 0.5) is 0 Å². The molecule has 7 heteroatoms. The summed E-state index contributed by atoms with van der Waals surface area (Å²) in [6.07, 6.45) is 1.03. The summed E-state index contributed by atoms with van der Waals surface area (Å²) in [5.74, 6) is 0. The third-order valence-electron chi connectivity index (χ3n) is 4.75. The molecular weight excluding hydrogens is 352 g/mol. The maximum atomic E-state index is 12.9. The summed E-state index contributed by atoms with van der Waals surface area (Å²) in [4.78, 5) is 2.26. The molecular formula is C16H17ClN2O2S2. The van der Waals surface area contributed by atoms with Gasteiger partial charge in [-0.25, -0.2) is 8.42 Å². The molecule has 2 aliphatic heterocycles. The number of hydrogen-bond acceptors (Lipinski definition) is 4. The number of halogens is 1. The molecule has 0 bridgehead atoms. The normalized spacial score (nSPS) is 22.1. The van der Waals surface area contributed by atoms with Crippen molar-refractivity contribution in [2.45, 2.75) is 23.2 Å². The quantitative estimate of drug-likeness (QED) is 0.817. The predicted octanol–water partition coefficient (Wildman–Crippen LogP) is 3.14. The van der Waals surface area contributed by atoms with Crippen molar-refractivity contribution < 1.29 is 8.42 Å². The lowest BCUT2D eigenvalue weighted by atomic mass is 9.86. The molecule has 1 atom stereocenters. The number of benzene rings is 1. The van der Waals surface area contributed by atoms with E-state index in [1.54, 1.807) is 16.4 Å². The summed E-state index contributed by atoms with van der Waals surface area (Å²) in [6, 6.07) is 9.62. The van der Waals surface area contributed by atoms with Crippen LogP contribution < -0.4 is 0 Å². The molecule has 4 nitrogen and oxygen atoms in total. The summed E-state index contributed by atoms with van der Waals surface area (Å²) in [7, 11) is -1.43. The van der Waals surface area contributed by atoms with Crippen molar-refractivity contribution in [3.05, 3.63) is 51.4 Å². The van der Waals surface area contributed by atoms with Crippen LogP contribution >= 0.6 is 22.9 Å². The first kappa shape index (κ1) is 15.6. The molecule has 0 amide bonds. The van der Waals surface area contributed by atoms with E-state index in [9.17, 15) is 8.42 Å². The fraction of sp³-hybridized carbons (Fsp3) is 0.375. The first-order valence-electron chi connectivity index (χ1n) is 7.53. The van der Waals surface area contributed by atoms with Crippen molar-refractivity contribution in [2.75, 3.05) is 20.1 Å². The highest BCUT2D eigenvalue weighted by atomic mass is 35.5. The second kappa shape index (κ2) is 5.57. The smallest absolute Gasteiger partial charge is 0.252 e. The SMILES string of the molecule is CN1CCc2cccc3c2C1CN(S(=O)(=O)c1ccc(Cl)s1)C3. The number of thiophene rings is 1. The van der Waals surface area contributed by atoms with Crippen LogP contribution in [-0.2, 0) is 23.0 Å². The topological polar surface area (TPSA) is 40.6 Å². The van der Waals surface area contributed by atoms with E-state index < -0.39 is 10.0 Å². The van der Waals surface area contributed by atoms with Gasteiger partial charge < -0.3 is 0 Å². The Kier molecular flexibility index (Phi) is 3.77. The van der Waals surface area contributed by atoms with E-state index in [0.717, 1.165) is 29.9 Å². The zero-order chi connectivity index (χ0) is 16.2. The van der Waals surface area contributed by atoms with E-state index in [1.165, 1.54) is 11.1 Å². The second-order valence-electron chi connectivity index (χ2n) is 6.09. The predicted molar refractivity (Wildman–Crippen MR) is 92.4 cm³/mol. The number of sulfonamides is 1. The average molecular weight is 369 g/mol. The van der Waals surface area contributed by atoms with Gasteiger partial charge in [0.2, 0.25) is 0 Å². The largest absolute Gasteiger partial charge is 0.298 e. The molecule has 2 aliphatic rings. The lowest BCUT2D eigenvalue weighted by molar-refractivity contribution is 0.178. The maximum absolute atomic E-state index is 12.9. The molecule has 122 valence electrons. The van der Waals surface area contributed by atoms with Crippen LogP contribution in [0.1, 0.15) is 22.7 Å². The minimum Gasteiger partial charge on any atom is -0.298 e. The highest BCUT2D eigenvalue weighted by molar-refractivity contribution is 7.91. The zero-order valence-electron chi connectivity index (χ0n) is 12.7. The van der Waals surface area contributed by atoms with Gasteiger partial charge in [-0.1, -0.05) is 29.8 Å². The van der Waals surface area contributed by atoms with E-state index in [0.29, 0.717) is 21.6 Å². The fourth-order valence-electron chi connectivity index (χ4n) is 3.55. The minimum absolute atomic E-state index is 0.133. The number of hydrogen-bond donors (Lipinski definition) is 0. The van der Waals surface area contributed by atoms with E-state index in [4.69, 9.17) is 11.6 Å². The van der Waals surface area contributed by atoms with Crippen molar-refractivity contribution >= 4 is 33.0 Å². The van der Waals surface area contributed by atoms with E-state index >= 15 is 0 Å². The van der Waals surface area contributed by atoms with Gasteiger partial charge in [0.05, 0.1) is 4.34 Å². The van der Waals surface area contributed by atoms with Gasteiger partial charge in [0, 0.05) is 25.7 Å². The van der Waals surface area contributed by atoms with Crippen LogP contribution in [0.25, 0.3) is 0 Å². The maximum Gasteiger partial charge on any atom is 0.252 e. The molecule has 0 fully saturated rings. The third kappa shape index (κ3) is 2.53. The Bertz CT molecular complexity index is 863. The average Bonchev–Trinajstić information content (AvgIpc) is 2.98. The third-order valence-corrected chi connectivity index (χ3v) is 8.26. The highest BCUT2D eigenvalue weighted by Gasteiger charge is 2.38. The Labute approximate surface area is 145 Å². The van der Waals surface area contributed by atoms with Gasteiger partial charge >= 0.3 is 0 Å². The molecule has 4 rings (SSSR count). The van der Waals surface area contributed by atoms with Gasteiger partial charge in [-0.3, -0.25) is 4.90 Å². The summed E-state index contributed by atoms with van der Waals surface area (Å²) >= 11 is 7.04. The van der Waals surface area contributed by atoms with Crippen LogP contribution in [0.5, 0.6) is 0 Å². The number of nitrogens with zero attached hydrogens (tertiary/aromatic N) is 2. The molecule has 0 saturated heterocycles. The molecule has 1 aromatic carbocycles. The first-order valence-corrected chi connectivity index (χ1v) is 10.2. The van der Waals surface area contributed by atoms with Gasteiger partial charge in [0.25, 0.3) is 10.0 Å². The van der Waals surface area contributed by atoms with Crippen molar-refractivity contribution in [2.24, 2.45) is 0 Å². The van der Waals surface area contributed by atoms with Crippen LogP contribution in [0, 0.1) is 0 Å². The fourth-order valence-corrected chi connectivity index (χ4v) is 6.61. The summed E-state index contributed by atoms with van der Waals surface area (Å²) < 4.78 is 28.3. The molecule has 1 unspecified atom stereocenters. The highest BCUT2D eigenvalue weighted by Crippen LogP contribution is 2.39. The molecule has 1 aromatic heterocycles. The number of rotatable bonds is 2. The van der Waals surface area contributed by atoms with Crippen molar-refractivity contribution in [3.8, 4) is 0 Å². The lowest BCUT2D eigenvalue weighted by Crippen LogP contribution is -2.46. The molecule has 0 saturated carbocycles. The Balaban J connectivity index is 1.77. The van der Waals surface area contributed by atoms with Crippen LogP contribution in [0.3, 0.4) is 0 Å². The first-order chi connectivity index (χ1) is 11.0. The van der Waals surface area contributed by atoms with Crippen molar-refractivity contribution in [3.63, 3.8) is 0 Å². The van der Waals surface area contributed by atoms with Gasteiger partial charge in [-0.05, 0) is 42.3 Å². The molecule has 0 spiro atoms. The Hall–Kier alpha value is -0.920. The number of likely N-dealkylation sites (N-methyl/N-ethyl adjacent to an activating group) is 1. The molecule has 3 heterocycles. The van der Waals surface area contributed by atoms with Crippen LogP contribution in [-0.4, -0.2) is 37.8 Å². The molecule has 23 heavy (non-hydrogen) atoms. The van der Waals surface area contributed by atoms with Crippen LogP contribution in [0.15, 0.2) is 34.5 Å². The standard InChI is InChI=1S/C16H17ClN2O2S2/c1-18-8-7-11-3-2-4-12-9-19(10-13(18)16(11)12)23(20,21)15-6-5-14(17)22-15/h2-6,13H,7-10H2,1H3. The van der Waals surface area contributed by atoms with E-state index in [1.807, 2.05) is 12.1 Å². The summed E-state index contributed by atoms with van der Waals surface area (Å²) in [5, 5.41) is 0. The monoisotopic (exact) mass is 368 g/mol. The lowest BCUT2D eigenvalue weighted by Gasteiger charge is -2.42. The minimum atomic E-state index is -3.50. The summed E-state index contributed by atoms with van der Waals surface area (Å²) in [5.41, 5.74) is 3.82. The van der Waals surface area contributed by atoms with Crippen LogP contribution in [0.2, 0.25) is 4.34 Å². The summed E-state index contributed by atoms with van der Waals surface area (Å²) in [6.45, 7) is 1.89. The van der Waals surface area contributed by atoms with Gasteiger partial charge in [-0.15, -0.1) is 11.3 Å². The molecule has 0 radical (unpaired) electrons. The second-order valence-corrected chi connectivity index (χ2v) is 9.97. The Morgan fingerprint density at radius 3 is 2.74 bits per heavy atom. The zero-order valence-corrected chi connectivity index (χ0v) is 15.1. The van der Waals surface area contributed by atoms with Gasteiger partial charge in [0.15, 0.2) is 0 Å². The molecule has 0 aliphatic carbocycles. The Morgan fingerprint density at radius 1 is 1.22 bits per heavy atom. The van der Waals surface area contributed by atoms with E-state index in [2.05, 4.69) is 18.0 Å². The van der Waals surface area contributed by atoms with Gasteiger partial charge in [0.1, 0.15) is 4.21 Å². The molecule has 2 aromatic rings.